The molecule has 138 valence electrons. The number of hydrogen-bond acceptors (Lipinski definition) is 5. The van der Waals surface area contributed by atoms with E-state index in [0.717, 1.165) is 12.1 Å². The first-order chi connectivity index (χ1) is 12.3. The van der Waals surface area contributed by atoms with E-state index in [-0.39, 0.29) is 31.5 Å². The highest BCUT2D eigenvalue weighted by atomic mass is 19.4. The van der Waals surface area contributed by atoms with Gasteiger partial charge in [0.05, 0.1) is 24.2 Å². The summed E-state index contributed by atoms with van der Waals surface area (Å²) in [5.74, 6) is -0.303. The quantitative estimate of drug-likeness (QED) is 0.778. The second kappa shape index (κ2) is 7.00. The van der Waals surface area contributed by atoms with Gasteiger partial charge >= 0.3 is 6.18 Å². The van der Waals surface area contributed by atoms with Crippen molar-refractivity contribution in [2.75, 3.05) is 20.0 Å². The summed E-state index contributed by atoms with van der Waals surface area (Å²) < 4.78 is 49.9. The largest absolute Gasteiger partial charge is 0.416 e. The monoisotopic (exact) mass is 367 g/mol. The fourth-order valence-electron chi connectivity index (χ4n) is 2.57. The average Bonchev–Trinajstić information content (AvgIpc) is 3.14. The Balaban J connectivity index is 1.97. The minimum Gasteiger partial charge on any atom is -0.354 e. The Morgan fingerprint density at radius 3 is 2.42 bits per heavy atom. The van der Waals surface area contributed by atoms with Crippen molar-refractivity contribution in [1.82, 2.24) is 14.8 Å². The van der Waals surface area contributed by atoms with Gasteiger partial charge in [-0.3, -0.25) is 4.79 Å². The molecule has 0 aliphatic carbocycles. The molecule has 0 atom stereocenters. The molecule has 1 aromatic heterocycles. The molecule has 0 bridgehead atoms. The molecule has 26 heavy (non-hydrogen) atoms. The van der Waals surface area contributed by atoms with Crippen LogP contribution in [-0.4, -0.2) is 40.6 Å². The number of allylic oxidation sites excluding steroid dienone is 1. The highest BCUT2D eigenvalue weighted by molar-refractivity contribution is 6.22. The van der Waals surface area contributed by atoms with Crippen molar-refractivity contribution >= 4 is 17.6 Å². The summed E-state index contributed by atoms with van der Waals surface area (Å²) in [6, 6.07) is 4.51. The molecule has 0 unspecified atom stereocenters. The van der Waals surface area contributed by atoms with Gasteiger partial charge in [-0.2, -0.15) is 18.3 Å². The zero-order chi connectivity index (χ0) is 18.8. The average molecular weight is 367 g/mol. The van der Waals surface area contributed by atoms with Crippen LogP contribution >= 0.6 is 0 Å². The number of benzene rings is 1. The first-order valence-corrected chi connectivity index (χ1v) is 7.74. The van der Waals surface area contributed by atoms with Crippen molar-refractivity contribution in [1.29, 1.82) is 0 Å². The molecule has 9 heteroatoms. The van der Waals surface area contributed by atoms with Crippen LogP contribution in [0, 0.1) is 5.41 Å². The maximum Gasteiger partial charge on any atom is 0.416 e. The van der Waals surface area contributed by atoms with Crippen molar-refractivity contribution in [2.45, 2.75) is 13.1 Å². The fourth-order valence-corrected chi connectivity index (χ4v) is 2.57. The van der Waals surface area contributed by atoms with Gasteiger partial charge in [-0.25, -0.2) is 9.67 Å². The lowest BCUT2D eigenvalue weighted by atomic mass is 9.84. The van der Waals surface area contributed by atoms with E-state index in [1.807, 2.05) is 0 Å². The third-order valence-electron chi connectivity index (χ3n) is 4.00. The number of halogens is 3. The Bertz CT molecular complexity index is 793. The molecule has 2 heterocycles. The molecule has 3 rings (SSSR count). The maximum atomic E-state index is 13.1. The predicted octanol–water partition coefficient (Wildman–Crippen LogP) is 2.87. The first kappa shape index (κ1) is 18.3. The van der Waals surface area contributed by atoms with E-state index in [1.54, 1.807) is 6.92 Å². The van der Waals surface area contributed by atoms with E-state index in [1.165, 1.54) is 35.5 Å². The van der Waals surface area contributed by atoms with E-state index in [9.17, 15) is 18.0 Å². The van der Waals surface area contributed by atoms with Crippen molar-refractivity contribution in [2.24, 2.45) is 5.41 Å². The van der Waals surface area contributed by atoms with Crippen LogP contribution in [0.3, 0.4) is 0 Å². The third-order valence-corrected chi connectivity index (χ3v) is 4.00. The van der Waals surface area contributed by atoms with Crippen LogP contribution in [0.2, 0.25) is 0 Å². The number of ketones is 1. The van der Waals surface area contributed by atoms with Crippen LogP contribution in [0.15, 0.2) is 36.9 Å². The van der Waals surface area contributed by atoms with Crippen molar-refractivity contribution in [3.8, 4) is 0 Å². The molecule has 1 aliphatic heterocycles. The van der Waals surface area contributed by atoms with Gasteiger partial charge in [0, 0.05) is 0 Å². The lowest BCUT2D eigenvalue weighted by Crippen LogP contribution is -2.42. The van der Waals surface area contributed by atoms with E-state index >= 15 is 0 Å². The van der Waals surface area contributed by atoms with Gasteiger partial charge in [0.15, 0.2) is 5.78 Å². The number of rotatable bonds is 4. The Kier molecular flexibility index (Phi) is 4.92. The molecule has 1 aliphatic rings. The van der Waals surface area contributed by atoms with Crippen LogP contribution in [-0.2, 0) is 20.4 Å². The molecular formula is C17H16F3N3O3. The topological polar surface area (TPSA) is 66.2 Å². The fraction of sp³-hybridized carbons (Fsp3) is 0.353. The van der Waals surface area contributed by atoms with Gasteiger partial charge in [-0.05, 0) is 30.7 Å². The van der Waals surface area contributed by atoms with Crippen LogP contribution in [0.5, 0.6) is 0 Å². The summed E-state index contributed by atoms with van der Waals surface area (Å²) >= 11 is 0. The summed E-state index contributed by atoms with van der Waals surface area (Å²) in [4.78, 5) is 16.9. The smallest absolute Gasteiger partial charge is 0.354 e. The van der Waals surface area contributed by atoms with E-state index in [4.69, 9.17) is 9.47 Å². The summed E-state index contributed by atoms with van der Waals surface area (Å²) in [5, 5.41) is 3.97. The Morgan fingerprint density at radius 2 is 1.88 bits per heavy atom. The Labute approximate surface area is 147 Å². The number of aromatic nitrogens is 3. The maximum absolute atomic E-state index is 13.1. The lowest BCUT2D eigenvalue weighted by molar-refractivity contribution is -0.168. The van der Waals surface area contributed by atoms with Crippen molar-refractivity contribution < 1.29 is 27.4 Å². The molecule has 1 fully saturated rings. The number of carbonyl (C=O) groups is 1. The number of nitrogens with zero attached hydrogens (tertiary/aromatic N) is 3. The van der Waals surface area contributed by atoms with Crippen molar-refractivity contribution in [3.63, 3.8) is 0 Å². The summed E-state index contributed by atoms with van der Waals surface area (Å²) in [5.41, 5.74) is -1.09. The van der Waals surface area contributed by atoms with E-state index in [0.29, 0.717) is 5.56 Å². The molecule has 0 saturated carbocycles. The number of ether oxygens (including phenoxy) is 2. The number of Topliss-reactive ketones (excluding diaryl/α,β-unsaturated/α-hetero) is 1. The molecule has 0 amide bonds. The number of alkyl halides is 3. The Hall–Kier alpha value is -2.52. The summed E-state index contributed by atoms with van der Waals surface area (Å²) in [7, 11) is 0. The molecule has 1 saturated heterocycles. The first-order valence-electron chi connectivity index (χ1n) is 7.74. The highest BCUT2D eigenvalue weighted by Gasteiger charge is 2.39. The lowest BCUT2D eigenvalue weighted by Gasteiger charge is -2.32. The van der Waals surface area contributed by atoms with Gasteiger partial charge in [0.2, 0.25) is 0 Å². The zero-order valence-electron chi connectivity index (χ0n) is 13.9. The zero-order valence-corrected chi connectivity index (χ0v) is 13.9. The SMILES string of the molecule is CC1(C(=O)C(=Cc2ccc(C(F)(F)F)cc2)n2cncn2)COCOC1. The normalized spacial score (nSPS) is 17.9. The molecule has 0 N–H and O–H groups in total. The Morgan fingerprint density at radius 1 is 1.23 bits per heavy atom. The predicted molar refractivity (Wildman–Crippen MR) is 85.5 cm³/mol. The van der Waals surface area contributed by atoms with Gasteiger partial charge in [0.25, 0.3) is 0 Å². The molecule has 0 radical (unpaired) electrons. The van der Waals surface area contributed by atoms with Crippen LogP contribution in [0.25, 0.3) is 11.8 Å². The number of carbonyl (C=O) groups excluding carboxylic acids is 1. The van der Waals surface area contributed by atoms with E-state index < -0.39 is 17.2 Å². The molecular weight excluding hydrogens is 351 g/mol. The molecule has 2 aromatic rings. The second-order valence-corrected chi connectivity index (χ2v) is 6.19. The minimum atomic E-state index is -4.42. The van der Waals surface area contributed by atoms with Crippen LogP contribution in [0.4, 0.5) is 13.2 Å². The summed E-state index contributed by atoms with van der Waals surface area (Å²) in [6.45, 7) is 2.16. The molecule has 0 spiro atoms. The second-order valence-electron chi connectivity index (χ2n) is 6.19. The standard InChI is InChI=1S/C17H16F3N3O3/c1-16(7-25-11-26-8-16)15(24)14(23-10-21-9-22-23)6-12-2-4-13(5-3-12)17(18,19)20/h2-6,9-10H,7-8,11H2,1H3. The number of hydrogen-bond donors (Lipinski definition) is 0. The van der Waals surface area contributed by atoms with Crippen LogP contribution in [0.1, 0.15) is 18.1 Å². The molecule has 1 aromatic carbocycles. The van der Waals surface area contributed by atoms with Crippen LogP contribution < -0.4 is 0 Å². The minimum absolute atomic E-state index is 0.115. The van der Waals surface area contributed by atoms with Crippen molar-refractivity contribution in [3.05, 3.63) is 48.0 Å². The van der Waals surface area contributed by atoms with Gasteiger partial charge in [-0.15, -0.1) is 0 Å². The molecule has 6 nitrogen and oxygen atoms in total. The van der Waals surface area contributed by atoms with E-state index in [2.05, 4.69) is 10.1 Å². The summed E-state index contributed by atoms with van der Waals surface area (Å²) in [6.07, 6.45) is -0.333. The van der Waals surface area contributed by atoms with Gasteiger partial charge < -0.3 is 9.47 Å². The van der Waals surface area contributed by atoms with Gasteiger partial charge in [-0.1, -0.05) is 12.1 Å². The highest BCUT2D eigenvalue weighted by Crippen LogP contribution is 2.31. The van der Waals surface area contributed by atoms with Gasteiger partial charge in [0.1, 0.15) is 25.1 Å². The third kappa shape index (κ3) is 3.83.